The minimum atomic E-state index is 0.123. The van der Waals surface area contributed by atoms with E-state index >= 15 is 0 Å². The smallest absolute Gasteiger partial charge is 0.227 e. The lowest BCUT2D eigenvalue weighted by atomic mass is 10.1. The van der Waals surface area contributed by atoms with Gasteiger partial charge >= 0.3 is 0 Å². The van der Waals surface area contributed by atoms with Crippen molar-refractivity contribution in [3.8, 4) is 5.82 Å². The summed E-state index contributed by atoms with van der Waals surface area (Å²) in [5.74, 6) is 1.64. The first-order valence-electron chi connectivity index (χ1n) is 9.64. The SMILES string of the molecule is Cc1cc(C)n(-c2ccc(N3CCN(C(=O)Cc4cccc(Cl)c4)CC3)nn2)n1. The van der Waals surface area contributed by atoms with Gasteiger partial charge < -0.3 is 9.80 Å². The molecule has 4 rings (SSSR count). The Labute approximate surface area is 174 Å². The third-order valence-corrected chi connectivity index (χ3v) is 5.30. The molecule has 3 aromatic rings. The predicted molar refractivity (Wildman–Crippen MR) is 113 cm³/mol. The molecule has 0 spiro atoms. The first-order valence-corrected chi connectivity index (χ1v) is 10.0. The van der Waals surface area contributed by atoms with E-state index in [1.54, 1.807) is 4.68 Å². The number of piperazine rings is 1. The minimum absolute atomic E-state index is 0.123. The zero-order chi connectivity index (χ0) is 20.4. The molecule has 0 saturated carbocycles. The molecule has 0 N–H and O–H groups in total. The normalized spacial score (nSPS) is 14.3. The lowest BCUT2D eigenvalue weighted by molar-refractivity contribution is -0.130. The highest BCUT2D eigenvalue weighted by Crippen LogP contribution is 2.17. The van der Waals surface area contributed by atoms with Gasteiger partial charge in [0.15, 0.2) is 11.6 Å². The number of aryl methyl sites for hydroxylation is 2. The van der Waals surface area contributed by atoms with Crippen LogP contribution < -0.4 is 4.90 Å². The number of anilines is 1. The summed E-state index contributed by atoms with van der Waals surface area (Å²) in [6, 6.07) is 13.4. The summed E-state index contributed by atoms with van der Waals surface area (Å²) in [6.45, 7) is 6.75. The van der Waals surface area contributed by atoms with Gasteiger partial charge in [-0.05, 0) is 49.7 Å². The van der Waals surface area contributed by atoms with Crippen molar-refractivity contribution in [3.05, 3.63) is 64.4 Å². The van der Waals surface area contributed by atoms with Crippen molar-refractivity contribution in [2.45, 2.75) is 20.3 Å². The van der Waals surface area contributed by atoms with Gasteiger partial charge in [-0.15, -0.1) is 10.2 Å². The third kappa shape index (κ3) is 4.40. The van der Waals surface area contributed by atoms with Crippen molar-refractivity contribution in [2.24, 2.45) is 0 Å². The molecule has 0 unspecified atom stereocenters. The molecular formula is C21H23ClN6O. The molecule has 1 fully saturated rings. The molecule has 150 valence electrons. The van der Waals surface area contributed by atoms with E-state index in [0.29, 0.717) is 30.4 Å². The highest BCUT2D eigenvalue weighted by atomic mass is 35.5. The molecule has 0 atom stereocenters. The van der Waals surface area contributed by atoms with Gasteiger partial charge in [0.05, 0.1) is 12.1 Å². The zero-order valence-corrected chi connectivity index (χ0v) is 17.3. The van der Waals surface area contributed by atoms with E-state index in [-0.39, 0.29) is 5.91 Å². The summed E-state index contributed by atoms with van der Waals surface area (Å²) in [5.41, 5.74) is 2.92. The van der Waals surface area contributed by atoms with E-state index in [2.05, 4.69) is 20.2 Å². The van der Waals surface area contributed by atoms with Crippen LogP contribution in [-0.2, 0) is 11.2 Å². The fourth-order valence-corrected chi connectivity index (χ4v) is 3.79. The van der Waals surface area contributed by atoms with Crippen molar-refractivity contribution < 1.29 is 4.79 Å². The quantitative estimate of drug-likeness (QED) is 0.661. The molecule has 8 heteroatoms. The number of nitrogens with zero attached hydrogens (tertiary/aromatic N) is 6. The Hall–Kier alpha value is -2.93. The lowest BCUT2D eigenvalue weighted by Crippen LogP contribution is -2.49. The van der Waals surface area contributed by atoms with Gasteiger partial charge in [-0.1, -0.05) is 23.7 Å². The Morgan fingerprint density at radius 3 is 2.34 bits per heavy atom. The van der Waals surface area contributed by atoms with Gasteiger partial charge in [0, 0.05) is 36.9 Å². The van der Waals surface area contributed by atoms with Crippen molar-refractivity contribution >= 4 is 23.3 Å². The summed E-state index contributed by atoms with van der Waals surface area (Å²) in [6.07, 6.45) is 0.373. The molecule has 7 nitrogen and oxygen atoms in total. The largest absolute Gasteiger partial charge is 0.352 e. The molecule has 0 radical (unpaired) electrons. The Kier molecular flexibility index (Phi) is 5.49. The second-order valence-electron chi connectivity index (χ2n) is 7.26. The number of rotatable bonds is 4. The van der Waals surface area contributed by atoms with Crippen molar-refractivity contribution in [1.82, 2.24) is 24.9 Å². The summed E-state index contributed by atoms with van der Waals surface area (Å²) in [5, 5.41) is 13.8. The maximum Gasteiger partial charge on any atom is 0.227 e. The Balaban J connectivity index is 1.35. The standard InChI is InChI=1S/C21H23ClN6O/c1-15-12-16(2)28(25-15)20-7-6-19(23-24-20)26-8-10-27(11-9-26)21(29)14-17-4-3-5-18(22)13-17/h3-7,12-13H,8-11,14H2,1-2H3. The summed E-state index contributed by atoms with van der Waals surface area (Å²) in [7, 11) is 0. The minimum Gasteiger partial charge on any atom is -0.352 e. The van der Waals surface area contributed by atoms with Gasteiger partial charge in [0.1, 0.15) is 0 Å². The van der Waals surface area contributed by atoms with Gasteiger partial charge in [0.2, 0.25) is 5.91 Å². The number of halogens is 1. The van der Waals surface area contributed by atoms with E-state index in [9.17, 15) is 4.79 Å². The maximum atomic E-state index is 12.6. The molecule has 29 heavy (non-hydrogen) atoms. The van der Waals surface area contributed by atoms with Crippen LogP contribution >= 0.6 is 11.6 Å². The second kappa shape index (κ2) is 8.21. The summed E-state index contributed by atoms with van der Waals surface area (Å²) in [4.78, 5) is 16.6. The number of aromatic nitrogens is 4. The van der Waals surface area contributed by atoms with Crippen LogP contribution in [0.2, 0.25) is 5.02 Å². The molecule has 2 aromatic heterocycles. The fraction of sp³-hybridized carbons (Fsp3) is 0.333. The van der Waals surface area contributed by atoms with Gasteiger partial charge in [-0.3, -0.25) is 4.79 Å². The zero-order valence-electron chi connectivity index (χ0n) is 16.5. The number of hydrogen-bond donors (Lipinski definition) is 0. The van der Waals surface area contributed by atoms with Crippen molar-refractivity contribution in [1.29, 1.82) is 0 Å². The summed E-state index contributed by atoms with van der Waals surface area (Å²) >= 11 is 6.01. The molecule has 0 bridgehead atoms. The number of amides is 1. The molecule has 1 amide bonds. The van der Waals surface area contributed by atoms with E-state index in [1.807, 2.05) is 61.2 Å². The fourth-order valence-electron chi connectivity index (χ4n) is 3.58. The van der Waals surface area contributed by atoms with Gasteiger partial charge in [-0.25, -0.2) is 4.68 Å². The molecule has 1 saturated heterocycles. The Morgan fingerprint density at radius 2 is 1.72 bits per heavy atom. The topological polar surface area (TPSA) is 67.2 Å². The summed E-state index contributed by atoms with van der Waals surface area (Å²) < 4.78 is 1.79. The van der Waals surface area contributed by atoms with Crippen LogP contribution in [0.5, 0.6) is 0 Å². The van der Waals surface area contributed by atoms with Crippen LogP contribution in [0.15, 0.2) is 42.5 Å². The molecule has 3 heterocycles. The predicted octanol–water partition coefficient (Wildman–Crippen LogP) is 2.82. The highest BCUT2D eigenvalue weighted by molar-refractivity contribution is 6.30. The van der Waals surface area contributed by atoms with Crippen LogP contribution in [0, 0.1) is 13.8 Å². The van der Waals surface area contributed by atoms with Crippen LogP contribution in [0.25, 0.3) is 5.82 Å². The van der Waals surface area contributed by atoms with E-state index < -0.39 is 0 Å². The third-order valence-electron chi connectivity index (χ3n) is 5.06. The second-order valence-corrected chi connectivity index (χ2v) is 7.70. The number of carbonyl (C=O) groups is 1. The molecule has 1 aliphatic heterocycles. The van der Waals surface area contributed by atoms with Crippen molar-refractivity contribution in [2.75, 3.05) is 31.1 Å². The average molecular weight is 411 g/mol. The van der Waals surface area contributed by atoms with Crippen LogP contribution in [0.4, 0.5) is 5.82 Å². The van der Waals surface area contributed by atoms with Crippen LogP contribution in [0.1, 0.15) is 17.0 Å². The Morgan fingerprint density at radius 1 is 1.00 bits per heavy atom. The van der Waals surface area contributed by atoms with Gasteiger partial charge in [-0.2, -0.15) is 5.10 Å². The number of hydrogen-bond acceptors (Lipinski definition) is 5. The first-order chi connectivity index (χ1) is 14.0. The molecule has 1 aliphatic rings. The molecule has 0 aliphatic carbocycles. The number of carbonyl (C=O) groups excluding carboxylic acids is 1. The maximum absolute atomic E-state index is 12.6. The first kappa shape index (κ1) is 19.4. The van der Waals surface area contributed by atoms with E-state index in [0.717, 1.165) is 35.9 Å². The van der Waals surface area contributed by atoms with Gasteiger partial charge in [0.25, 0.3) is 0 Å². The van der Waals surface area contributed by atoms with Crippen molar-refractivity contribution in [3.63, 3.8) is 0 Å². The van der Waals surface area contributed by atoms with E-state index in [4.69, 9.17) is 11.6 Å². The van der Waals surface area contributed by atoms with Crippen LogP contribution in [0.3, 0.4) is 0 Å². The highest BCUT2D eigenvalue weighted by Gasteiger charge is 2.22. The Bertz CT molecular complexity index is 1010. The lowest BCUT2D eigenvalue weighted by Gasteiger charge is -2.35. The monoisotopic (exact) mass is 410 g/mol. The average Bonchev–Trinajstić information content (AvgIpc) is 3.06. The van der Waals surface area contributed by atoms with Crippen LogP contribution in [-0.4, -0.2) is 57.0 Å². The molecular weight excluding hydrogens is 388 g/mol. The van der Waals surface area contributed by atoms with E-state index in [1.165, 1.54) is 0 Å². The number of benzene rings is 1. The molecule has 1 aromatic carbocycles.